The highest BCUT2D eigenvalue weighted by molar-refractivity contribution is 5.60. The quantitative estimate of drug-likeness (QED) is 0.813. The topological polar surface area (TPSA) is 21.3 Å². The Balaban J connectivity index is 2.17. The van der Waals surface area contributed by atoms with E-state index < -0.39 is 0 Å². The summed E-state index contributed by atoms with van der Waals surface area (Å²) < 4.78 is 4.90. The molecule has 2 heteroatoms. The minimum atomic E-state index is 0.746. The molecule has 0 aromatic heterocycles. The van der Waals surface area contributed by atoms with E-state index in [1.807, 2.05) is 54.6 Å². The molecule has 0 amide bonds. The Kier molecular flexibility index (Phi) is 2.88. The summed E-state index contributed by atoms with van der Waals surface area (Å²) in [6.07, 6.45) is 0. The average Bonchev–Trinajstić information content (AvgIpc) is 2.31. The molecule has 2 nitrogen and oxygen atoms in total. The second kappa shape index (κ2) is 4.51. The Bertz CT molecular complexity index is 426. The molecule has 0 aliphatic carbocycles. The second-order valence-electron chi connectivity index (χ2n) is 3.16. The lowest BCUT2D eigenvalue weighted by Crippen LogP contribution is -1.89. The smallest absolute Gasteiger partial charge is 0.122 e. The maximum Gasteiger partial charge on any atom is 0.122 e. The Morgan fingerprint density at radius 3 is 2.33 bits per heavy atom. The number of para-hydroxylation sites is 1. The van der Waals surface area contributed by atoms with Crippen LogP contribution in [-0.4, -0.2) is 0 Å². The molecule has 0 aliphatic rings. The highest BCUT2D eigenvalue weighted by atomic mass is 16.5. The van der Waals surface area contributed by atoms with Gasteiger partial charge in [0.2, 0.25) is 0 Å². The molecule has 15 heavy (non-hydrogen) atoms. The van der Waals surface area contributed by atoms with E-state index in [9.17, 15) is 0 Å². The summed E-state index contributed by atoms with van der Waals surface area (Å²) in [5, 5.41) is 3.27. The molecule has 1 N–H and O–H groups in total. The lowest BCUT2D eigenvalue weighted by Gasteiger charge is -2.07. The van der Waals surface area contributed by atoms with Crippen LogP contribution in [0.25, 0.3) is 0 Å². The predicted octanol–water partition coefficient (Wildman–Crippen LogP) is 3.60. The molecular formula is C13H12NO. The Morgan fingerprint density at radius 1 is 0.867 bits per heavy atom. The van der Waals surface area contributed by atoms with E-state index in [4.69, 9.17) is 4.74 Å². The van der Waals surface area contributed by atoms with E-state index in [1.165, 1.54) is 0 Å². The van der Waals surface area contributed by atoms with Crippen LogP contribution in [0, 0.1) is 7.11 Å². The molecule has 0 unspecified atom stereocenters. The number of anilines is 2. The summed E-state index contributed by atoms with van der Waals surface area (Å²) >= 11 is 0. The summed E-state index contributed by atoms with van der Waals surface area (Å²) in [5.74, 6) is 0.746. The number of ether oxygens (including phenoxy) is 1. The van der Waals surface area contributed by atoms with E-state index in [0.717, 1.165) is 17.1 Å². The fourth-order valence-electron chi connectivity index (χ4n) is 1.35. The van der Waals surface area contributed by atoms with Gasteiger partial charge in [0.05, 0.1) is 0 Å². The van der Waals surface area contributed by atoms with E-state index in [0.29, 0.717) is 0 Å². The minimum absolute atomic E-state index is 0.746. The van der Waals surface area contributed by atoms with E-state index in [-0.39, 0.29) is 0 Å². The van der Waals surface area contributed by atoms with Crippen LogP contribution in [0.15, 0.2) is 54.6 Å². The maximum atomic E-state index is 4.90. The molecule has 2 rings (SSSR count). The summed E-state index contributed by atoms with van der Waals surface area (Å²) in [5.41, 5.74) is 2.04. The third-order valence-corrected chi connectivity index (χ3v) is 2.06. The summed E-state index contributed by atoms with van der Waals surface area (Å²) in [6, 6.07) is 17.7. The lowest BCUT2D eigenvalue weighted by atomic mass is 10.2. The monoisotopic (exact) mass is 198 g/mol. The molecule has 0 saturated carbocycles. The van der Waals surface area contributed by atoms with Crippen LogP contribution in [0.2, 0.25) is 0 Å². The SMILES string of the molecule is [CH2]Oc1cccc(Nc2ccccc2)c1. The van der Waals surface area contributed by atoms with E-state index in [2.05, 4.69) is 12.4 Å². The third kappa shape index (κ3) is 2.50. The number of nitrogens with one attached hydrogen (secondary N) is 1. The first kappa shape index (κ1) is 9.59. The molecule has 0 saturated heterocycles. The zero-order valence-corrected chi connectivity index (χ0v) is 8.31. The van der Waals surface area contributed by atoms with Crippen LogP contribution in [0.1, 0.15) is 0 Å². The van der Waals surface area contributed by atoms with E-state index >= 15 is 0 Å². The summed E-state index contributed by atoms with van der Waals surface area (Å²) in [6.45, 7) is 0. The molecule has 2 aromatic carbocycles. The van der Waals surface area contributed by atoms with Crippen molar-refractivity contribution < 1.29 is 4.74 Å². The zero-order valence-electron chi connectivity index (χ0n) is 8.31. The fourth-order valence-corrected chi connectivity index (χ4v) is 1.35. The number of hydrogen-bond donors (Lipinski definition) is 1. The third-order valence-electron chi connectivity index (χ3n) is 2.06. The van der Waals surface area contributed by atoms with Crippen molar-refractivity contribution in [1.29, 1.82) is 0 Å². The van der Waals surface area contributed by atoms with Crippen molar-refractivity contribution in [2.24, 2.45) is 0 Å². The second-order valence-corrected chi connectivity index (χ2v) is 3.16. The van der Waals surface area contributed by atoms with E-state index in [1.54, 1.807) is 0 Å². The van der Waals surface area contributed by atoms with Crippen molar-refractivity contribution in [3.8, 4) is 5.75 Å². The summed E-state index contributed by atoms with van der Waals surface area (Å²) in [4.78, 5) is 0. The minimum Gasteiger partial charge on any atom is -0.490 e. The Labute approximate surface area is 89.5 Å². The van der Waals surface area contributed by atoms with Gasteiger partial charge in [-0.15, -0.1) is 0 Å². The molecule has 0 atom stereocenters. The maximum absolute atomic E-state index is 4.90. The highest BCUT2D eigenvalue weighted by Gasteiger charge is 1.95. The molecular weight excluding hydrogens is 186 g/mol. The highest BCUT2D eigenvalue weighted by Crippen LogP contribution is 2.20. The van der Waals surface area contributed by atoms with Crippen molar-refractivity contribution in [2.75, 3.05) is 5.32 Å². The van der Waals surface area contributed by atoms with Crippen LogP contribution >= 0.6 is 0 Å². The van der Waals surface area contributed by atoms with Crippen LogP contribution < -0.4 is 10.1 Å². The van der Waals surface area contributed by atoms with Crippen LogP contribution in [-0.2, 0) is 0 Å². The van der Waals surface area contributed by atoms with Crippen molar-refractivity contribution in [2.45, 2.75) is 0 Å². The van der Waals surface area contributed by atoms with Gasteiger partial charge in [-0.1, -0.05) is 24.3 Å². The van der Waals surface area contributed by atoms with Gasteiger partial charge in [0.1, 0.15) is 12.9 Å². The first-order valence-corrected chi connectivity index (χ1v) is 4.72. The van der Waals surface area contributed by atoms with Crippen molar-refractivity contribution in [3.63, 3.8) is 0 Å². The molecule has 75 valence electrons. The Hall–Kier alpha value is -1.96. The normalized spacial score (nSPS) is 9.67. The molecule has 2 aromatic rings. The van der Waals surface area contributed by atoms with Gasteiger partial charge in [0, 0.05) is 17.4 Å². The van der Waals surface area contributed by atoms with Crippen LogP contribution in [0.5, 0.6) is 5.75 Å². The van der Waals surface area contributed by atoms with Gasteiger partial charge < -0.3 is 10.1 Å². The van der Waals surface area contributed by atoms with Gasteiger partial charge in [0.15, 0.2) is 0 Å². The van der Waals surface area contributed by atoms with Crippen LogP contribution in [0.4, 0.5) is 11.4 Å². The van der Waals surface area contributed by atoms with Gasteiger partial charge in [-0.25, -0.2) is 0 Å². The van der Waals surface area contributed by atoms with Crippen LogP contribution in [0.3, 0.4) is 0 Å². The first-order valence-electron chi connectivity index (χ1n) is 4.72. The zero-order chi connectivity index (χ0) is 10.5. The lowest BCUT2D eigenvalue weighted by molar-refractivity contribution is 0.473. The van der Waals surface area contributed by atoms with Gasteiger partial charge >= 0.3 is 0 Å². The molecule has 1 radical (unpaired) electrons. The summed E-state index contributed by atoms with van der Waals surface area (Å²) in [7, 11) is 3.38. The number of rotatable bonds is 3. The predicted molar refractivity (Wildman–Crippen MR) is 62.2 cm³/mol. The van der Waals surface area contributed by atoms with Gasteiger partial charge in [0.25, 0.3) is 0 Å². The van der Waals surface area contributed by atoms with Gasteiger partial charge in [-0.3, -0.25) is 0 Å². The first-order chi connectivity index (χ1) is 7.38. The van der Waals surface area contributed by atoms with Crippen molar-refractivity contribution in [3.05, 3.63) is 61.7 Å². The largest absolute Gasteiger partial charge is 0.490 e. The fraction of sp³-hybridized carbons (Fsp3) is 0. The van der Waals surface area contributed by atoms with Crippen molar-refractivity contribution >= 4 is 11.4 Å². The van der Waals surface area contributed by atoms with Gasteiger partial charge in [-0.2, -0.15) is 0 Å². The number of benzene rings is 2. The van der Waals surface area contributed by atoms with Gasteiger partial charge in [-0.05, 0) is 24.3 Å². The number of hydrogen-bond acceptors (Lipinski definition) is 2. The molecule has 0 bridgehead atoms. The molecule has 0 fully saturated rings. The molecule has 0 heterocycles. The molecule has 0 aliphatic heterocycles. The Morgan fingerprint density at radius 2 is 1.60 bits per heavy atom. The van der Waals surface area contributed by atoms with Crippen molar-refractivity contribution in [1.82, 2.24) is 0 Å². The average molecular weight is 198 g/mol. The molecule has 0 spiro atoms. The standard InChI is InChI=1S/C13H12NO/c1-15-13-9-5-8-12(10-13)14-11-6-3-2-4-7-11/h2-10,14H,1H2.